The van der Waals surface area contributed by atoms with Gasteiger partial charge in [-0.3, -0.25) is 4.90 Å². The van der Waals surface area contributed by atoms with Crippen LogP contribution in [0.5, 0.6) is 0 Å². The van der Waals surface area contributed by atoms with Crippen LogP contribution in [0.3, 0.4) is 0 Å². The average Bonchev–Trinajstić information content (AvgIpc) is 3.23. The second-order valence-corrected chi connectivity index (χ2v) is 5.62. The fourth-order valence-corrected chi connectivity index (χ4v) is 2.67. The molecule has 0 heterocycles. The third kappa shape index (κ3) is 6.21. The monoisotopic (exact) mass is 272 g/mol. The van der Waals surface area contributed by atoms with E-state index in [4.69, 9.17) is 9.47 Å². The molecule has 19 heavy (non-hydrogen) atoms. The Morgan fingerprint density at radius 3 is 2.53 bits per heavy atom. The zero-order chi connectivity index (χ0) is 14.1. The highest BCUT2D eigenvalue weighted by Crippen LogP contribution is 2.35. The van der Waals surface area contributed by atoms with Crippen molar-refractivity contribution in [2.75, 3.05) is 47.1 Å². The summed E-state index contributed by atoms with van der Waals surface area (Å²) in [4.78, 5) is 2.58. The van der Waals surface area contributed by atoms with Gasteiger partial charge in [0.15, 0.2) is 0 Å². The molecule has 1 fully saturated rings. The summed E-state index contributed by atoms with van der Waals surface area (Å²) >= 11 is 0. The Morgan fingerprint density at radius 1 is 1.26 bits per heavy atom. The average molecular weight is 272 g/mol. The van der Waals surface area contributed by atoms with Gasteiger partial charge in [0.2, 0.25) is 0 Å². The summed E-state index contributed by atoms with van der Waals surface area (Å²) in [6.07, 6.45) is 3.94. The molecule has 0 spiro atoms. The largest absolute Gasteiger partial charge is 0.383 e. The molecule has 0 aromatic heterocycles. The lowest BCUT2D eigenvalue weighted by atomic mass is 10.1. The van der Waals surface area contributed by atoms with Gasteiger partial charge in [-0.1, -0.05) is 6.92 Å². The van der Waals surface area contributed by atoms with E-state index in [0.717, 1.165) is 38.8 Å². The molecule has 4 nitrogen and oxygen atoms in total. The maximum absolute atomic E-state index is 5.42. The van der Waals surface area contributed by atoms with Crippen LogP contribution in [0.15, 0.2) is 0 Å². The molecule has 1 aliphatic rings. The number of rotatable bonds is 12. The topological polar surface area (TPSA) is 33.7 Å². The summed E-state index contributed by atoms with van der Waals surface area (Å²) in [5.41, 5.74) is 0. The van der Waals surface area contributed by atoms with E-state index in [2.05, 4.69) is 24.1 Å². The molecule has 114 valence electrons. The molecule has 1 aliphatic carbocycles. The Hall–Kier alpha value is -0.160. The predicted molar refractivity (Wildman–Crippen MR) is 79.6 cm³/mol. The second-order valence-electron chi connectivity index (χ2n) is 5.62. The highest BCUT2D eigenvalue weighted by atomic mass is 16.5. The second kappa shape index (κ2) is 9.70. The Labute approximate surface area is 118 Å². The number of ether oxygens (including phenoxy) is 2. The van der Waals surface area contributed by atoms with E-state index in [-0.39, 0.29) is 0 Å². The lowest BCUT2D eigenvalue weighted by Gasteiger charge is -2.36. The van der Waals surface area contributed by atoms with Crippen molar-refractivity contribution in [1.82, 2.24) is 10.2 Å². The van der Waals surface area contributed by atoms with Gasteiger partial charge in [0.25, 0.3) is 0 Å². The van der Waals surface area contributed by atoms with Gasteiger partial charge in [-0.25, -0.2) is 0 Å². The van der Waals surface area contributed by atoms with E-state index in [0.29, 0.717) is 12.1 Å². The maximum Gasteiger partial charge on any atom is 0.0630 e. The molecule has 2 unspecified atom stereocenters. The van der Waals surface area contributed by atoms with Crippen LogP contribution in [0.2, 0.25) is 0 Å². The van der Waals surface area contributed by atoms with Crippen LogP contribution in [0.25, 0.3) is 0 Å². The van der Waals surface area contributed by atoms with Crippen molar-refractivity contribution >= 4 is 0 Å². The standard InChI is InChI=1S/C15H32N2O2/c1-5-8-16-11-15(12-19-4)17(9-10-18-3)13(2)14-6-7-14/h13-16H,5-12H2,1-4H3. The molecule has 1 saturated carbocycles. The molecule has 2 atom stereocenters. The van der Waals surface area contributed by atoms with Gasteiger partial charge in [-0.2, -0.15) is 0 Å². The molecule has 0 radical (unpaired) electrons. The lowest BCUT2D eigenvalue weighted by Crippen LogP contribution is -2.51. The van der Waals surface area contributed by atoms with Crippen molar-refractivity contribution in [3.8, 4) is 0 Å². The Bertz CT molecular complexity index is 222. The van der Waals surface area contributed by atoms with E-state index in [1.807, 2.05) is 0 Å². The minimum Gasteiger partial charge on any atom is -0.383 e. The molecule has 0 aromatic rings. The lowest BCUT2D eigenvalue weighted by molar-refractivity contribution is 0.0380. The molecule has 0 bridgehead atoms. The summed E-state index contributed by atoms with van der Waals surface area (Å²) in [7, 11) is 3.57. The molecule has 0 saturated heterocycles. The van der Waals surface area contributed by atoms with Gasteiger partial charge >= 0.3 is 0 Å². The summed E-state index contributed by atoms with van der Waals surface area (Å²) < 4.78 is 10.7. The van der Waals surface area contributed by atoms with Crippen molar-refractivity contribution in [3.63, 3.8) is 0 Å². The van der Waals surface area contributed by atoms with Crippen molar-refractivity contribution in [1.29, 1.82) is 0 Å². The number of methoxy groups -OCH3 is 2. The quantitative estimate of drug-likeness (QED) is 0.549. The van der Waals surface area contributed by atoms with Gasteiger partial charge in [-0.05, 0) is 38.6 Å². The molecule has 0 aromatic carbocycles. The molecule has 0 amide bonds. The zero-order valence-electron chi connectivity index (χ0n) is 13.2. The minimum absolute atomic E-state index is 0.447. The van der Waals surface area contributed by atoms with Crippen LogP contribution >= 0.6 is 0 Å². The molecular formula is C15H32N2O2. The zero-order valence-corrected chi connectivity index (χ0v) is 13.2. The normalized spacial score (nSPS) is 18.8. The van der Waals surface area contributed by atoms with Gasteiger partial charge in [-0.15, -0.1) is 0 Å². The molecule has 0 aliphatic heterocycles. The van der Waals surface area contributed by atoms with Crippen molar-refractivity contribution in [2.45, 2.75) is 45.2 Å². The van der Waals surface area contributed by atoms with Crippen molar-refractivity contribution in [3.05, 3.63) is 0 Å². The first kappa shape index (κ1) is 16.9. The number of hydrogen-bond acceptors (Lipinski definition) is 4. The molecule has 4 heteroatoms. The number of nitrogens with zero attached hydrogens (tertiary/aromatic N) is 1. The maximum atomic E-state index is 5.42. The SMILES string of the molecule is CCCNCC(COC)N(CCOC)C(C)C1CC1. The predicted octanol–water partition coefficient (Wildman–Crippen LogP) is 1.75. The first-order valence-corrected chi connectivity index (χ1v) is 7.68. The van der Waals surface area contributed by atoms with Crippen LogP contribution in [0.4, 0.5) is 0 Å². The summed E-state index contributed by atoms with van der Waals surface area (Å²) in [5.74, 6) is 0.877. The number of hydrogen-bond donors (Lipinski definition) is 1. The smallest absolute Gasteiger partial charge is 0.0630 e. The highest BCUT2D eigenvalue weighted by molar-refractivity contribution is 4.89. The first-order valence-electron chi connectivity index (χ1n) is 7.68. The molecule has 1 rings (SSSR count). The van der Waals surface area contributed by atoms with E-state index in [1.165, 1.54) is 19.3 Å². The van der Waals surface area contributed by atoms with Crippen LogP contribution in [-0.4, -0.2) is 64.1 Å². The highest BCUT2D eigenvalue weighted by Gasteiger charge is 2.34. The molecule has 1 N–H and O–H groups in total. The fourth-order valence-electron chi connectivity index (χ4n) is 2.67. The summed E-state index contributed by atoms with van der Waals surface area (Å²) in [5, 5.41) is 3.53. The van der Waals surface area contributed by atoms with E-state index < -0.39 is 0 Å². The van der Waals surface area contributed by atoms with E-state index >= 15 is 0 Å². The molecular weight excluding hydrogens is 240 g/mol. The first-order chi connectivity index (χ1) is 9.24. The summed E-state index contributed by atoms with van der Waals surface area (Å²) in [6.45, 7) is 9.22. The van der Waals surface area contributed by atoms with Crippen LogP contribution in [0.1, 0.15) is 33.1 Å². The Kier molecular flexibility index (Phi) is 8.62. The fraction of sp³-hybridized carbons (Fsp3) is 1.00. The van der Waals surface area contributed by atoms with Gasteiger partial charge in [0.05, 0.1) is 13.2 Å². The minimum atomic E-state index is 0.447. The van der Waals surface area contributed by atoms with E-state index in [9.17, 15) is 0 Å². The Balaban J connectivity index is 2.53. The Morgan fingerprint density at radius 2 is 2.00 bits per heavy atom. The van der Waals surface area contributed by atoms with Gasteiger partial charge in [0.1, 0.15) is 0 Å². The van der Waals surface area contributed by atoms with E-state index in [1.54, 1.807) is 14.2 Å². The van der Waals surface area contributed by atoms with Gasteiger partial charge in [0, 0.05) is 39.4 Å². The third-order valence-corrected chi connectivity index (χ3v) is 4.02. The van der Waals surface area contributed by atoms with Gasteiger partial charge < -0.3 is 14.8 Å². The summed E-state index contributed by atoms with van der Waals surface area (Å²) in [6, 6.07) is 1.08. The van der Waals surface area contributed by atoms with Crippen LogP contribution in [-0.2, 0) is 9.47 Å². The van der Waals surface area contributed by atoms with Crippen molar-refractivity contribution < 1.29 is 9.47 Å². The van der Waals surface area contributed by atoms with Crippen LogP contribution in [0, 0.1) is 5.92 Å². The van der Waals surface area contributed by atoms with Crippen LogP contribution < -0.4 is 5.32 Å². The third-order valence-electron chi connectivity index (χ3n) is 4.02. The van der Waals surface area contributed by atoms with Crippen molar-refractivity contribution in [2.24, 2.45) is 5.92 Å². The number of nitrogens with one attached hydrogen (secondary N) is 1.